The van der Waals surface area contributed by atoms with E-state index in [0.29, 0.717) is 28.0 Å². The number of methoxy groups -OCH3 is 1. The number of aryl methyl sites for hydroxylation is 1. The topological polar surface area (TPSA) is 215 Å². The van der Waals surface area contributed by atoms with Crippen LogP contribution in [0.25, 0.3) is 10.2 Å². The number of rotatable bonds is 18. The summed E-state index contributed by atoms with van der Waals surface area (Å²) in [7, 11) is 3.51. The van der Waals surface area contributed by atoms with Crippen LogP contribution < -0.4 is 25.0 Å². The van der Waals surface area contributed by atoms with Crippen molar-refractivity contribution in [3.63, 3.8) is 0 Å². The van der Waals surface area contributed by atoms with Crippen LogP contribution in [-0.4, -0.2) is 97.7 Å². The number of hydrogen-bond donors (Lipinski definition) is 2. The number of carboxylic acid groups (broad SMARTS) is 1. The molecule has 2 N–H and O–H groups in total. The Morgan fingerprint density at radius 3 is 2.01 bits per heavy atom. The maximum atomic E-state index is 14.8. The molecule has 17 nitrogen and oxygen atoms in total. The normalized spacial score (nSPS) is 15.6. The fourth-order valence-electron chi connectivity index (χ4n) is 8.28. The van der Waals surface area contributed by atoms with Crippen molar-refractivity contribution in [1.29, 1.82) is 0 Å². The predicted molar refractivity (Wildman–Crippen MR) is 300 cm³/mol. The van der Waals surface area contributed by atoms with Gasteiger partial charge >= 0.3 is 18.1 Å². The van der Waals surface area contributed by atoms with Crippen molar-refractivity contribution in [2.75, 3.05) is 23.9 Å². The summed E-state index contributed by atoms with van der Waals surface area (Å²) in [5, 5.41) is 21.1. The number of carbonyl (C=O) groups excluding carboxylic acids is 5. The molecule has 1 saturated heterocycles. The number of amides is 2. The average Bonchev–Trinajstić information content (AvgIpc) is 4.11. The summed E-state index contributed by atoms with van der Waals surface area (Å²) in [4.78, 5) is 82.8. The molecule has 0 spiro atoms. The molecule has 422 valence electrons. The van der Waals surface area contributed by atoms with E-state index in [1.54, 1.807) is 68.9 Å². The number of aromatic nitrogens is 3. The molecule has 0 bridgehead atoms. The van der Waals surface area contributed by atoms with Gasteiger partial charge in [0.1, 0.15) is 64.8 Å². The Kier molecular flexibility index (Phi) is 18.2. The number of thioether (sulfide) groups is 2. The minimum absolute atomic E-state index is 0.0469. The molecule has 2 amide bonds. The van der Waals surface area contributed by atoms with Crippen LogP contribution in [0, 0.1) is 0 Å². The highest BCUT2D eigenvalue weighted by atomic mass is 32.2. The molecule has 0 radical (unpaired) electrons. The number of ether oxygens (including phenoxy) is 3. The SMILES string of the molecule is COc1ccc(COC(=O)C2=C(CSc3nc4c[n+](C)ccc4s3)CS[C@H]3C(NC(=O)/C(=N\OC(C)(C)C(=O)OC(C)(C)C)c4csc(NC(c5ccccc5)(c5ccccc5)c5ccccc5)n4)C(=O)N23)cc1.O=C([O-])C(F)(F)F. The zero-order valence-corrected chi connectivity index (χ0v) is 47.9. The molecule has 1 fully saturated rings. The standard InChI is InChI=1S/C55H53N7O8S4.C2HF3O2/c1-53(2,3)69-50(66)54(4,5)70-60-43(41-33-72-51(56-41)59-55(36-17-11-8-12-18-36,37-19-13-9-14-20-37)38-21-15-10-16-22-38)46(63)58-44-47(64)62-45(49(65)68-30-34-23-25-39(67-7)26-24-34)35(31-71-48(44)62)32-73-52-57-40-29-61(6)28-27-42(40)74-52;3-2(4,5)1(6)7/h8-29,33,44,48H,30-32H2,1-7H3,(H-,56,58,59,63);(H,6,7)/b60-43-;/t44?,48-;/m0./s1. The first kappa shape index (κ1) is 59.3. The second-order valence-corrected chi connectivity index (χ2v) is 23.9. The summed E-state index contributed by atoms with van der Waals surface area (Å²) in [6, 6.07) is 38.1. The number of hydrogen-bond acceptors (Lipinski definition) is 18. The van der Waals surface area contributed by atoms with Crippen LogP contribution in [-0.2, 0) is 57.5 Å². The van der Waals surface area contributed by atoms with Gasteiger partial charge in [0.05, 0.1) is 11.8 Å². The Bertz CT molecular complexity index is 3390. The number of oxime groups is 1. The smallest absolute Gasteiger partial charge is 0.430 e. The quantitative estimate of drug-likeness (QED) is 0.0157. The maximum Gasteiger partial charge on any atom is 0.430 e. The first-order valence-corrected chi connectivity index (χ1v) is 28.5. The van der Waals surface area contributed by atoms with Crippen molar-refractivity contribution in [3.05, 3.63) is 178 Å². The van der Waals surface area contributed by atoms with E-state index in [1.165, 1.54) is 53.6 Å². The third-order valence-electron chi connectivity index (χ3n) is 12.2. The van der Waals surface area contributed by atoms with Crippen LogP contribution in [0.1, 0.15) is 62.6 Å². The number of halogens is 3. The maximum absolute atomic E-state index is 14.8. The minimum Gasteiger partial charge on any atom is -0.542 e. The number of esters is 2. The number of benzene rings is 4. The highest BCUT2D eigenvalue weighted by Crippen LogP contribution is 2.44. The number of alkyl halides is 3. The number of fused-ring (bicyclic) bond motifs is 2. The number of nitrogens with one attached hydrogen (secondary N) is 2. The molecular weight excluding hydrogens is 1130 g/mol. The lowest BCUT2D eigenvalue weighted by Gasteiger charge is -2.49. The number of carbonyl (C=O) groups is 5. The number of β-lactam (4-membered cyclic amide) rings is 1. The fourth-order valence-corrected chi connectivity index (χ4v) is 12.6. The molecule has 9 rings (SSSR count). The summed E-state index contributed by atoms with van der Waals surface area (Å²) >= 11 is 5.69. The average molecular weight is 1180 g/mol. The van der Waals surface area contributed by atoms with Gasteiger partial charge in [-0.1, -0.05) is 120 Å². The van der Waals surface area contributed by atoms with Crippen LogP contribution >= 0.6 is 46.2 Å². The molecule has 2 atom stereocenters. The molecular formula is C57H54F3N7O10S4. The van der Waals surface area contributed by atoms with Crippen molar-refractivity contribution in [3.8, 4) is 5.75 Å². The molecule has 3 aromatic heterocycles. The zero-order valence-electron chi connectivity index (χ0n) is 44.6. The van der Waals surface area contributed by atoms with E-state index >= 15 is 0 Å². The molecule has 81 heavy (non-hydrogen) atoms. The molecule has 24 heteroatoms. The monoisotopic (exact) mass is 1180 g/mol. The van der Waals surface area contributed by atoms with E-state index in [0.717, 1.165) is 36.8 Å². The van der Waals surface area contributed by atoms with Crippen molar-refractivity contribution in [1.82, 2.24) is 20.2 Å². The van der Waals surface area contributed by atoms with E-state index in [1.807, 2.05) is 121 Å². The summed E-state index contributed by atoms with van der Waals surface area (Å²) in [5.74, 6) is -4.31. The van der Waals surface area contributed by atoms with Gasteiger partial charge in [0.25, 0.3) is 11.8 Å². The first-order chi connectivity index (χ1) is 38.5. The van der Waals surface area contributed by atoms with Gasteiger partial charge in [0.2, 0.25) is 5.60 Å². The Labute approximate surface area is 480 Å². The molecule has 4 aromatic carbocycles. The minimum atomic E-state index is -5.19. The molecule has 0 saturated carbocycles. The molecule has 1 unspecified atom stereocenters. The second-order valence-electron chi connectivity index (χ2n) is 19.7. The Morgan fingerprint density at radius 2 is 1.46 bits per heavy atom. The van der Waals surface area contributed by atoms with Gasteiger partial charge in [-0.2, -0.15) is 13.2 Å². The van der Waals surface area contributed by atoms with Crippen molar-refractivity contribution in [2.45, 2.75) is 79.9 Å². The van der Waals surface area contributed by atoms with Crippen LogP contribution in [0.4, 0.5) is 18.3 Å². The van der Waals surface area contributed by atoms with E-state index in [2.05, 4.69) is 15.8 Å². The Morgan fingerprint density at radius 1 is 0.864 bits per heavy atom. The number of thiazole rings is 2. The molecule has 7 aromatic rings. The summed E-state index contributed by atoms with van der Waals surface area (Å²) in [5.41, 5.74) is 1.61. The number of carboxylic acids is 1. The van der Waals surface area contributed by atoms with Crippen molar-refractivity contribution < 1.29 is 65.9 Å². The van der Waals surface area contributed by atoms with Gasteiger partial charge in [0.15, 0.2) is 27.6 Å². The van der Waals surface area contributed by atoms with Crippen LogP contribution in [0.2, 0.25) is 0 Å². The van der Waals surface area contributed by atoms with E-state index < -0.39 is 64.1 Å². The van der Waals surface area contributed by atoms with Crippen molar-refractivity contribution >= 4 is 97.0 Å². The number of nitrogens with zero attached hydrogens (tertiary/aromatic N) is 5. The highest BCUT2D eigenvalue weighted by Gasteiger charge is 2.55. The van der Waals surface area contributed by atoms with E-state index in [9.17, 15) is 32.3 Å². The number of pyridine rings is 1. The number of anilines is 1. The Balaban J connectivity index is 0.00000115. The second kappa shape index (κ2) is 24.9. The predicted octanol–water partition coefficient (Wildman–Crippen LogP) is 8.32. The van der Waals surface area contributed by atoms with Crippen LogP contribution in [0.3, 0.4) is 0 Å². The molecule has 0 aliphatic carbocycles. The lowest BCUT2D eigenvalue weighted by atomic mass is 9.77. The molecule has 5 heterocycles. The third-order valence-corrected chi connectivity index (χ3v) is 16.6. The van der Waals surface area contributed by atoms with Crippen LogP contribution in [0.5, 0.6) is 5.75 Å². The lowest BCUT2D eigenvalue weighted by Crippen LogP contribution is -2.71. The molecule has 2 aliphatic rings. The van der Waals surface area contributed by atoms with Gasteiger partial charge < -0.3 is 39.6 Å². The summed E-state index contributed by atoms with van der Waals surface area (Å²) in [6.45, 7) is 8.14. The number of aliphatic carboxylic acids is 1. The molecule has 2 aliphatic heterocycles. The van der Waals surface area contributed by atoms with E-state index in [4.69, 9.17) is 38.9 Å². The summed E-state index contributed by atoms with van der Waals surface area (Å²) in [6.07, 6.45) is -1.28. The highest BCUT2D eigenvalue weighted by molar-refractivity contribution is 8.02. The van der Waals surface area contributed by atoms with E-state index in [-0.39, 0.29) is 23.7 Å². The van der Waals surface area contributed by atoms with Gasteiger partial charge in [-0.05, 0) is 74.6 Å². The van der Waals surface area contributed by atoms with Gasteiger partial charge in [-0.3, -0.25) is 14.5 Å². The fraction of sp³-hybridized carbons (Fsp3) is 0.281. The lowest BCUT2D eigenvalue weighted by molar-refractivity contribution is -0.670. The zero-order chi connectivity index (χ0) is 58.3. The van der Waals surface area contributed by atoms with Gasteiger partial charge in [0, 0.05) is 23.0 Å². The summed E-state index contributed by atoms with van der Waals surface area (Å²) < 4.78 is 52.2. The third kappa shape index (κ3) is 14.0. The largest absolute Gasteiger partial charge is 0.542 e. The first-order valence-electron chi connectivity index (χ1n) is 24.8. The van der Waals surface area contributed by atoms with Crippen molar-refractivity contribution in [2.24, 2.45) is 12.2 Å². The van der Waals surface area contributed by atoms with Crippen LogP contribution in [0.15, 0.2) is 160 Å². The van der Waals surface area contributed by atoms with Gasteiger partial charge in [-0.25, -0.2) is 24.1 Å². The van der Waals surface area contributed by atoms with Gasteiger partial charge in [-0.15, -0.1) is 34.4 Å². The Hall–Kier alpha value is -7.80.